The van der Waals surface area contributed by atoms with Crippen LogP contribution in [0.1, 0.15) is 25.1 Å². The van der Waals surface area contributed by atoms with Gasteiger partial charge >= 0.3 is 0 Å². The van der Waals surface area contributed by atoms with Gasteiger partial charge in [-0.15, -0.1) is 11.3 Å². The number of aliphatic hydroxyl groups is 1. The quantitative estimate of drug-likeness (QED) is 0.846. The maximum atomic E-state index is 11.9. The second kappa shape index (κ2) is 5.27. The molecule has 16 heavy (non-hydrogen) atoms. The third-order valence-corrected chi connectivity index (χ3v) is 5.11. The van der Waals surface area contributed by atoms with Gasteiger partial charge in [0, 0.05) is 10.9 Å². The molecule has 0 bridgehead atoms. The molecule has 0 aromatic carbocycles. The fourth-order valence-electron chi connectivity index (χ4n) is 1.44. The number of sulfonamides is 1. The molecule has 6 heteroatoms. The van der Waals surface area contributed by atoms with Crippen molar-refractivity contribution in [3.63, 3.8) is 0 Å². The summed E-state index contributed by atoms with van der Waals surface area (Å²) >= 11 is 1.24. The molecule has 92 valence electrons. The first-order valence-corrected chi connectivity index (χ1v) is 7.38. The second-order valence-electron chi connectivity index (χ2n) is 3.97. The number of hydrogen-bond donors (Lipinski definition) is 2. The van der Waals surface area contributed by atoms with Crippen LogP contribution in [0, 0.1) is 6.92 Å². The van der Waals surface area contributed by atoms with E-state index in [9.17, 15) is 8.42 Å². The van der Waals surface area contributed by atoms with Crippen molar-refractivity contribution in [3.8, 4) is 0 Å². The van der Waals surface area contributed by atoms with E-state index in [2.05, 4.69) is 4.72 Å². The molecular weight excluding hydrogens is 246 g/mol. The van der Waals surface area contributed by atoms with Crippen molar-refractivity contribution >= 4 is 21.4 Å². The standard InChI is InChI=1S/C10H17NO3S2/c1-7(6-8(2)12)11-16(13,14)10-5-4-9(3)15-10/h4-5,7-8,11-12H,6H2,1-3H3. The van der Waals surface area contributed by atoms with Crippen LogP contribution in [0.25, 0.3) is 0 Å². The third kappa shape index (κ3) is 3.86. The molecule has 0 fully saturated rings. The Kier molecular flexibility index (Phi) is 4.49. The normalized spacial score (nSPS) is 16.0. The summed E-state index contributed by atoms with van der Waals surface area (Å²) in [5, 5.41) is 9.16. The van der Waals surface area contributed by atoms with Gasteiger partial charge in [0.2, 0.25) is 10.0 Å². The monoisotopic (exact) mass is 263 g/mol. The summed E-state index contributed by atoms with van der Waals surface area (Å²) in [6.45, 7) is 5.24. The van der Waals surface area contributed by atoms with Gasteiger partial charge in [0.1, 0.15) is 4.21 Å². The van der Waals surface area contributed by atoms with E-state index in [0.29, 0.717) is 10.6 Å². The van der Waals surface area contributed by atoms with Crippen molar-refractivity contribution < 1.29 is 13.5 Å². The van der Waals surface area contributed by atoms with Gasteiger partial charge in [0.15, 0.2) is 0 Å². The summed E-state index contributed by atoms with van der Waals surface area (Å²) in [6.07, 6.45) is -0.105. The van der Waals surface area contributed by atoms with Crippen LogP contribution in [0.2, 0.25) is 0 Å². The smallest absolute Gasteiger partial charge is 0.250 e. The van der Waals surface area contributed by atoms with Crippen LogP contribution in [-0.4, -0.2) is 25.7 Å². The molecule has 4 nitrogen and oxygen atoms in total. The van der Waals surface area contributed by atoms with Crippen LogP contribution < -0.4 is 4.72 Å². The number of aryl methyl sites for hydroxylation is 1. The minimum atomic E-state index is -3.43. The molecule has 0 aliphatic rings. The van der Waals surface area contributed by atoms with Gasteiger partial charge < -0.3 is 5.11 Å². The molecule has 0 radical (unpaired) electrons. The van der Waals surface area contributed by atoms with Gasteiger partial charge in [-0.25, -0.2) is 13.1 Å². The molecule has 1 aromatic rings. The van der Waals surface area contributed by atoms with Crippen molar-refractivity contribution in [2.75, 3.05) is 0 Å². The number of aliphatic hydroxyl groups excluding tert-OH is 1. The maximum absolute atomic E-state index is 11.9. The average Bonchev–Trinajstić information content (AvgIpc) is 2.49. The van der Waals surface area contributed by atoms with E-state index in [4.69, 9.17) is 5.11 Å². The van der Waals surface area contributed by atoms with Gasteiger partial charge in [-0.3, -0.25) is 0 Å². The predicted octanol–water partition coefficient (Wildman–Crippen LogP) is 1.49. The molecule has 2 N–H and O–H groups in total. The first-order chi connectivity index (χ1) is 7.31. The largest absolute Gasteiger partial charge is 0.393 e. The van der Waals surface area contributed by atoms with Crippen LogP contribution in [-0.2, 0) is 10.0 Å². The molecule has 0 saturated heterocycles. The Balaban J connectivity index is 2.73. The lowest BCUT2D eigenvalue weighted by Crippen LogP contribution is -2.34. The molecule has 0 saturated carbocycles. The number of hydrogen-bond acceptors (Lipinski definition) is 4. The molecule has 1 rings (SSSR count). The topological polar surface area (TPSA) is 66.4 Å². The summed E-state index contributed by atoms with van der Waals surface area (Å²) in [6, 6.07) is 3.10. The molecule has 2 atom stereocenters. The van der Waals surface area contributed by atoms with Crippen molar-refractivity contribution in [2.45, 2.75) is 43.5 Å². The number of thiophene rings is 1. The van der Waals surface area contributed by atoms with E-state index >= 15 is 0 Å². The zero-order valence-electron chi connectivity index (χ0n) is 9.60. The second-order valence-corrected chi connectivity index (χ2v) is 7.20. The molecule has 2 unspecified atom stereocenters. The van der Waals surface area contributed by atoms with Crippen LogP contribution in [0.5, 0.6) is 0 Å². The lowest BCUT2D eigenvalue weighted by molar-refractivity contribution is 0.175. The first-order valence-electron chi connectivity index (χ1n) is 5.08. The highest BCUT2D eigenvalue weighted by Gasteiger charge is 2.19. The Labute approximate surface area is 100 Å². The van der Waals surface area contributed by atoms with E-state index in [1.807, 2.05) is 6.92 Å². The van der Waals surface area contributed by atoms with Crippen molar-refractivity contribution in [1.82, 2.24) is 4.72 Å². The van der Waals surface area contributed by atoms with Gasteiger partial charge in [-0.2, -0.15) is 0 Å². The Morgan fingerprint density at radius 3 is 2.50 bits per heavy atom. The molecular formula is C10H17NO3S2. The minimum absolute atomic E-state index is 0.271. The fraction of sp³-hybridized carbons (Fsp3) is 0.600. The molecule has 0 spiro atoms. The van der Waals surface area contributed by atoms with Crippen LogP contribution in [0.4, 0.5) is 0 Å². The molecule has 0 aliphatic heterocycles. The molecule has 1 heterocycles. The Morgan fingerprint density at radius 2 is 2.06 bits per heavy atom. The van der Waals surface area contributed by atoms with Crippen molar-refractivity contribution in [2.24, 2.45) is 0 Å². The van der Waals surface area contributed by atoms with Gasteiger partial charge in [-0.05, 0) is 39.3 Å². The van der Waals surface area contributed by atoms with Crippen molar-refractivity contribution in [1.29, 1.82) is 0 Å². The van der Waals surface area contributed by atoms with Gasteiger partial charge in [0.25, 0.3) is 0 Å². The summed E-state index contributed by atoms with van der Waals surface area (Å²) in [4.78, 5) is 0.962. The van der Waals surface area contributed by atoms with E-state index < -0.39 is 16.1 Å². The first kappa shape index (κ1) is 13.6. The van der Waals surface area contributed by atoms with Crippen LogP contribution >= 0.6 is 11.3 Å². The number of rotatable bonds is 5. The lowest BCUT2D eigenvalue weighted by atomic mass is 10.2. The zero-order valence-corrected chi connectivity index (χ0v) is 11.2. The number of nitrogens with one attached hydrogen (secondary N) is 1. The molecule has 0 amide bonds. The van der Waals surface area contributed by atoms with Crippen molar-refractivity contribution in [3.05, 3.63) is 17.0 Å². The average molecular weight is 263 g/mol. The zero-order chi connectivity index (χ0) is 12.3. The Hall–Kier alpha value is -0.430. The van der Waals surface area contributed by atoms with E-state index in [-0.39, 0.29) is 6.04 Å². The van der Waals surface area contributed by atoms with Gasteiger partial charge in [0.05, 0.1) is 6.10 Å². The third-order valence-electron chi connectivity index (χ3n) is 2.03. The van der Waals surface area contributed by atoms with Crippen LogP contribution in [0.3, 0.4) is 0 Å². The summed E-state index contributed by atoms with van der Waals surface area (Å²) in [5.41, 5.74) is 0. The highest BCUT2D eigenvalue weighted by molar-refractivity contribution is 7.91. The molecule has 1 aromatic heterocycles. The summed E-state index contributed by atoms with van der Waals surface area (Å²) < 4.78 is 26.6. The minimum Gasteiger partial charge on any atom is -0.393 e. The summed E-state index contributed by atoms with van der Waals surface area (Å²) in [5.74, 6) is 0. The maximum Gasteiger partial charge on any atom is 0.250 e. The summed E-state index contributed by atoms with van der Waals surface area (Å²) in [7, 11) is -3.43. The van der Waals surface area contributed by atoms with E-state index in [1.165, 1.54) is 11.3 Å². The van der Waals surface area contributed by atoms with Gasteiger partial charge in [-0.1, -0.05) is 0 Å². The predicted molar refractivity (Wildman–Crippen MR) is 65.1 cm³/mol. The van der Waals surface area contributed by atoms with E-state index in [0.717, 1.165) is 4.88 Å². The highest BCUT2D eigenvalue weighted by atomic mass is 32.2. The fourth-order valence-corrected chi connectivity index (χ4v) is 4.00. The van der Waals surface area contributed by atoms with E-state index in [1.54, 1.807) is 26.0 Å². The Morgan fingerprint density at radius 1 is 1.44 bits per heavy atom. The highest BCUT2D eigenvalue weighted by Crippen LogP contribution is 2.20. The molecule has 0 aliphatic carbocycles. The lowest BCUT2D eigenvalue weighted by Gasteiger charge is -2.14. The SMILES string of the molecule is Cc1ccc(S(=O)(=O)NC(C)CC(C)O)s1. The van der Waals surface area contributed by atoms with Crippen LogP contribution in [0.15, 0.2) is 16.3 Å². The Bertz CT molecular complexity index is 437.